The van der Waals surface area contributed by atoms with Gasteiger partial charge in [-0.2, -0.15) is 12.8 Å². The molecule has 0 bridgehead atoms. The molecule has 0 radical (unpaired) electrons. The first-order valence-electron chi connectivity index (χ1n) is 12.3. The Bertz CT molecular complexity index is 1590. The fraction of sp³-hybridized carbons (Fsp3) is 0.321. The Kier molecular flexibility index (Phi) is 6.69. The molecule has 0 atom stereocenters. The largest absolute Gasteiger partial charge is 0.444 e. The molecule has 2 amide bonds. The lowest BCUT2D eigenvalue weighted by Crippen LogP contribution is -2.40. The van der Waals surface area contributed by atoms with E-state index in [-0.39, 0.29) is 23.1 Å². The molecule has 0 N–H and O–H groups in total. The number of sulfonamides is 1. The Balaban J connectivity index is 1.33. The minimum Gasteiger partial charge on any atom is -0.444 e. The van der Waals surface area contributed by atoms with Crippen LogP contribution in [0.3, 0.4) is 0 Å². The minimum absolute atomic E-state index is 0.00928. The van der Waals surface area contributed by atoms with Crippen molar-refractivity contribution in [1.29, 1.82) is 0 Å². The number of halogens is 1. The van der Waals surface area contributed by atoms with Crippen molar-refractivity contribution in [3.8, 4) is 0 Å². The number of fused-ring (bicyclic) bond motifs is 2. The molecule has 1 fully saturated rings. The Morgan fingerprint density at radius 3 is 2.45 bits per heavy atom. The van der Waals surface area contributed by atoms with Crippen molar-refractivity contribution in [1.82, 2.24) is 4.90 Å². The van der Waals surface area contributed by atoms with Gasteiger partial charge in [-0.05, 0) is 85.5 Å². The van der Waals surface area contributed by atoms with Gasteiger partial charge in [0.25, 0.3) is 15.9 Å². The van der Waals surface area contributed by atoms with Gasteiger partial charge in [-0.15, -0.1) is 0 Å². The van der Waals surface area contributed by atoms with Gasteiger partial charge in [-0.25, -0.2) is 4.79 Å². The molecule has 2 heterocycles. The lowest BCUT2D eigenvalue weighted by atomic mass is 9.99. The van der Waals surface area contributed by atoms with E-state index in [0.29, 0.717) is 42.2 Å². The van der Waals surface area contributed by atoms with Crippen LogP contribution in [0, 0.1) is 0 Å². The molecule has 0 saturated carbocycles. The van der Waals surface area contributed by atoms with Crippen LogP contribution in [0.2, 0.25) is 5.02 Å². The molecule has 198 valence electrons. The summed E-state index contributed by atoms with van der Waals surface area (Å²) in [4.78, 5) is 28.9. The topological polar surface area (TPSA) is 96.3 Å². The molecule has 10 heteroatoms. The van der Waals surface area contributed by atoms with Crippen molar-refractivity contribution in [3.63, 3.8) is 0 Å². The highest BCUT2D eigenvalue weighted by Crippen LogP contribution is 2.29. The lowest BCUT2D eigenvalue weighted by molar-refractivity contribution is -0.111. The van der Waals surface area contributed by atoms with E-state index < -0.39 is 21.5 Å². The maximum atomic E-state index is 13.2. The molecule has 0 aliphatic carbocycles. The summed E-state index contributed by atoms with van der Waals surface area (Å²) < 4.78 is 35.5. The zero-order valence-electron chi connectivity index (χ0n) is 21.4. The zero-order chi connectivity index (χ0) is 27.2. The molecule has 3 aromatic carbocycles. The van der Waals surface area contributed by atoms with Crippen molar-refractivity contribution < 1.29 is 22.7 Å². The van der Waals surface area contributed by atoms with E-state index in [2.05, 4.69) is 4.40 Å². The van der Waals surface area contributed by atoms with E-state index in [1.54, 1.807) is 34.1 Å². The minimum atomic E-state index is -4.07. The smallest absolute Gasteiger partial charge is 0.410 e. The van der Waals surface area contributed by atoms with Crippen LogP contribution in [0.1, 0.15) is 38.3 Å². The molecule has 8 nitrogen and oxygen atoms in total. The van der Waals surface area contributed by atoms with E-state index >= 15 is 0 Å². The van der Waals surface area contributed by atoms with Crippen LogP contribution in [0.25, 0.3) is 10.8 Å². The van der Waals surface area contributed by atoms with Crippen molar-refractivity contribution in [2.24, 2.45) is 4.40 Å². The van der Waals surface area contributed by atoms with Crippen molar-refractivity contribution in [2.75, 3.05) is 18.0 Å². The summed E-state index contributed by atoms with van der Waals surface area (Å²) in [6.45, 7) is 6.80. The number of hydrogen-bond donors (Lipinski definition) is 0. The number of benzene rings is 3. The standard InChI is InChI=1S/C28H28ClN3O5S/c1-28(2,3)37-27(34)31-12-10-20-15-23(8-5-21(20)17-31)32-13-11-25(26(32)33)30-38(35,36)24-9-6-18-14-22(29)7-4-19(18)16-24/h4-9,14-16H,10-13,17H2,1-3H3. The number of anilines is 1. The molecule has 0 unspecified atom stereocenters. The molecule has 1 saturated heterocycles. The second kappa shape index (κ2) is 9.71. The van der Waals surface area contributed by atoms with Gasteiger partial charge in [0.15, 0.2) is 0 Å². The highest BCUT2D eigenvalue weighted by molar-refractivity contribution is 7.90. The van der Waals surface area contributed by atoms with Crippen LogP contribution in [-0.2, 0) is 32.5 Å². The average Bonchev–Trinajstić information content (AvgIpc) is 3.21. The third kappa shape index (κ3) is 5.39. The van der Waals surface area contributed by atoms with Gasteiger partial charge in [0, 0.05) is 36.8 Å². The van der Waals surface area contributed by atoms with Crippen molar-refractivity contribution in [3.05, 3.63) is 70.7 Å². The van der Waals surface area contributed by atoms with Crippen LogP contribution >= 0.6 is 11.6 Å². The van der Waals surface area contributed by atoms with Gasteiger partial charge in [-0.1, -0.05) is 29.8 Å². The van der Waals surface area contributed by atoms with Gasteiger partial charge in [0.05, 0.1) is 4.90 Å². The Morgan fingerprint density at radius 1 is 0.947 bits per heavy atom. The lowest BCUT2D eigenvalue weighted by Gasteiger charge is -2.31. The molecule has 2 aliphatic heterocycles. The number of hydrogen-bond acceptors (Lipinski definition) is 5. The molecule has 5 rings (SSSR count). The van der Waals surface area contributed by atoms with Crippen LogP contribution in [0.5, 0.6) is 0 Å². The van der Waals surface area contributed by atoms with Crippen LogP contribution < -0.4 is 4.90 Å². The Labute approximate surface area is 226 Å². The third-order valence-electron chi connectivity index (χ3n) is 6.53. The van der Waals surface area contributed by atoms with Crippen molar-refractivity contribution >= 4 is 55.8 Å². The summed E-state index contributed by atoms with van der Waals surface area (Å²) >= 11 is 6.02. The molecular formula is C28H28ClN3O5S. The number of rotatable bonds is 3. The third-order valence-corrected chi connectivity index (χ3v) is 8.08. The van der Waals surface area contributed by atoms with Crippen LogP contribution in [0.4, 0.5) is 10.5 Å². The molecule has 38 heavy (non-hydrogen) atoms. The highest BCUT2D eigenvalue weighted by Gasteiger charge is 2.32. The fourth-order valence-electron chi connectivity index (χ4n) is 4.66. The van der Waals surface area contributed by atoms with Gasteiger partial charge in [0.1, 0.15) is 11.3 Å². The van der Waals surface area contributed by atoms with Crippen LogP contribution in [-0.4, -0.2) is 49.7 Å². The zero-order valence-corrected chi connectivity index (χ0v) is 23.0. The highest BCUT2D eigenvalue weighted by atomic mass is 35.5. The summed E-state index contributed by atoms with van der Waals surface area (Å²) in [7, 11) is -4.07. The summed E-state index contributed by atoms with van der Waals surface area (Å²) in [5, 5.41) is 2.09. The van der Waals surface area contributed by atoms with E-state index in [1.807, 2.05) is 39.0 Å². The summed E-state index contributed by atoms with van der Waals surface area (Å²) in [5.74, 6) is -0.424. The summed E-state index contributed by atoms with van der Waals surface area (Å²) in [6.07, 6.45) is 0.511. The number of carbonyl (C=O) groups excluding carboxylic acids is 2. The molecular weight excluding hydrogens is 526 g/mol. The number of carbonyl (C=O) groups is 2. The SMILES string of the molecule is CC(C)(C)OC(=O)N1CCc2cc(N3CCC(=NS(=O)(=O)c4ccc5cc(Cl)ccc5c4)C3=O)ccc2C1. The predicted octanol–water partition coefficient (Wildman–Crippen LogP) is 5.35. The van der Waals surface area contributed by atoms with Gasteiger partial charge >= 0.3 is 6.09 Å². The van der Waals surface area contributed by atoms with Gasteiger partial charge < -0.3 is 14.5 Å². The maximum absolute atomic E-state index is 13.2. The first-order valence-corrected chi connectivity index (χ1v) is 14.2. The average molecular weight is 554 g/mol. The first kappa shape index (κ1) is 26.2. The van der Waals surface area contributed by atoms with Gasteiger partial charge in [0.2, 0.25) is 0 Å². The number of nitrogens with zero attached hydrogens (tertiary/aromatic N) is 3. The maximum Gasteiger partial charge on any atom is 0.410 e. The number of amides is 2. The fourth-order valence-corrected chi connectivity index (χ4v) is 5.92. The van der Waals surface area contributed by atoms with E-state index in [9.17, 15) is 18.0 Å². The van der Waals surface area contributed by atoms with Crippen LogP contribution in [0.15, 0.2) is 63.9 Å². The molecule has 0 aromatic heterocycles. The quantitative estimate of drug-likeness (QED) is 0.435. The van der Waals surface area contributed by atoms with Gasteiger partial charge in [-0.3, -0.25) is 4.79 Å². The molecule has 3 aromatic rings. The predicted molar refractivity (Wildman–Crippen MR) is 147 cm³/mol. The van der Waals surface area contributed by atoms with E-state index in [1.165, 1.54) is 12.1 Å². The second-order valence-electron chi connectivity index (χ2n) is 10.5. The normalized spacial score (nSPS) is 17.3. The summed E-state index contributed by atoms with van der Waals surface area (Å²) in [5.41, 5.74) is 2.17. The summed E-state index contributed by atoms with van der Waals surface area (Å²) in [6, 6.07) is 15.5. The Hall–Kier alpha value is -3.43. The molecule has 0 spiro atoms. The Morgan fingerprint density at radius 2 is 1.68 bits per heavy atom. The number of ether oxygens (including phenoxy) is 1. The first-order chi connectivity index (χ1) is 17.9. The van der Waals surface area contributed by atoms with Crippen molar-refractivity contribution in [2.45, 2.75) is 50.7 Å². The second-order valence-corrected chi connectivity index (χ2v) is 12.5. The van der Waals surface area contributed by atoms with E-state index in [0.717, 1.165) is 16.5 Å². The molecule has 2 aliphatic rings. The van der Waals surface area contributed by atoms with E-state index in [4.69, 9.17) is 16.3 Å². The monoisotopic (exact) mass is 553 g/mol.